The quantitative estimate of drug-likeness (QED) is 0.640. The third-order valence-corrected chi connectivity index (χ3v) is 2.34. The second-order valence-corrected chi connectivity index (χ2v) is 3.35. The Balaban J connectivity index is 2.96. The van der Waals surface area contributed by atoms with E-state index in [1.165, 1.54) is 11.1 Å². The molecule has 0 heterocycles. The van der Waals surface area contributed by atoms with Crippen LogP contribution in [0.2, 0.25) is 0 Å². The van der Waals surface area contributed by atoms with Crippen molar-refractivity contribution in [2.75, 3.05) is 0 Å². The third-order valence-electron chi connectivity index (χ3n) is 1.73. The van der Waals surface area contributed by atoms with Crippen molar-refractivity contribution >= 4 is 24.7 Å². The minimum Gasteiger partial charge on any atom is -0.636 e. The lowest BCUT2D eigenvalue weighted by atomic mass is 10.1. The minimum absolute atomic E-state index is 0.425. The molecule has 0 fully saturated rings. The second kappa shape index (κ2) is 4.02. The fourth-order valence-electron chi connectivity index (χ4n) is 0.900. The van der Waals surface area contributed by atoms with Gasteiger partial charge in [-0.05, 0) is 31.0 Å². The van der Waals surface area contributed by atoms with Crippen LogP contribution in [0.15, 0.2) is 18.2 Å². The van der Waals surface area contributed by atoms with Crippen molar-refractivity contribution in [2.24, 2.45) is 0 Å². The van der Waals surface area contributed by atoms with Crippen LogP contribution in [0.4, 0.5) is 0 Å². The predicted octanol–water partition coefficient (Wildman–Crippen LogP) is 2.46. The summed E-state index contributed by atoms with van der Waals surface area (Å²) in [6, 6.07) is 5.98. The number of rotatable bonds is 2. The van der Waals surface area contributed by atoms with Crippen LogP contribution in [0.5, 0.6) is 5.75 Å². The normalized spacial score (nSPS) is 9.36. The maximum atomic E-state index is 5.52. The average Bonchev–Trinajstić information content (AvgIpc) is 1.99. The maximum absolute atomic E-state index is 5.52. The van der Waals surface area contributed by atoms with Gasteiger partial charge in [-0.25, -0.2) is 10.0 Å². The highest BCUT2D eigenvalue weighted by molar-refractivity contribution is 6.90. The van der Waals surface area contributed by atoms with Gasteiger partial charge in [-0.15, -0.1) is 0 Å². The highest BCUT2D eigenvalue weighted by Crippen LogP contribution is 2.19. The van der Waals surface area contributed by atoms with Gasteiger partial charge >= 0.3 is 14.6 Å². The van der Waals surface area contributed by atoms with Gasteiger partial charge in [-0.1, -0.05) is 12.1 Å². The van der Waals surface area contributed by atoms with Crippen molar-refractivity contribution < 1.29 is 3.79 Å². The minimum atomic E-state index is -0.425. The topological polar surface area (TPSA) is 9.23 Å². The first-order valence-electron chi connectivity index (χ1n) is 3.40. The zero-order chi connectivity index (χ0) is 8.27. The first kappa shape index (κ1) is 8.93. The molecule has 1 radical (unpaired) electrons. The second-order valence-electron chi connectivity index (χ2n) is 2.40. The number of hydrogen-bond acceptors (Lipinski definition) is 1. The third kappa shape index (κ3) is 2.13. The van der Waals surface area contributed by atoms with Gasteiger partial charge in [-0.3, -0.25) is 0 Å². The van der Waals surface area contributed by atoms with Crippen molar-refractivity contribution in [3.8, 4) is 5.75 Å². The summed E-state index contributed by atoms with van der Waals surface area (Å²) in [5.41, 5.74) is 2.42. The number of hydrogen-bond donors (Lipinski definition) is 0. The molecule has 11 heavy (non-hydrogen) atoms. The fourth-order valence-corrected chi connectivity index (χ4v) is 1.54. The molecule has 0 spiro atoms. The molecule has 0 aliphatic rings. The van der Waals surface area contributed by atoms with Gasteiger partial charge in [0.15, 0.2) is 0 Å². The van der Waals surface area contributed by atoms with E-state index in [9.17, 15) is 0 Å². The molecule has 57 valence electrons. The molecule has 0 aromatic heterocycles. The lowest BCUT2D eigenvalue weighted by Crippen LogP contribution is -1.96. The van der Waals surface area contributed by atoms with Crippen LogP contribution in [-0.2, 0) is 0 Å². The van der Waals surface area contributed by atoms with Crippen molar-refractivity contribution in [2.45, 2.75) is 13.8 Å². The Bertz CT molecular complexity index is 250. The maximum Gasteiger partial charge on any atom is 0.673 e. The van der Waals surface area contributed by atoms with E-state index in [2.05, 4.69) is 13.0 Å². The molecule has 0 saturated heterocycles. The van der Waals surface area contributed by atoms with Crippen LogP contribution in [0, 0.1) is 13.8 Å². The Morgan fingerprint density at radius 2 is 2.09 bits per heavy atom. The molecule has 0 N–H and O–H groups in total. The number of halogens is 1. The first-order valence-corrected chi connectivity index (χ1v) is 5.62. The van der Waals surface area contributed by atoms with Crippen LogP contribution < -0.4 is 3.79 Å². The molecule has 0 aliphatic heterocycles. The summed E-state index contributed by atoms with van der Waals surface area (Å²) in [5, 5.41) is 0. The summed E-state index contributed by atoms with van der Waals surface area (Å²) in [4.78, 5) is 0. The molecule has 0 amide bonds. The van der Waals surface area contributed by atoms with Gasteiger partial charge in [0.2, 0.25) is 0 Å². The van der Waals surface area contributed by atoms with Crippen LogP contribution >= 0.6 is 10.0 Å². The zero-order valence-corrected chi connectivity index (χ0v) is 8.51. The molecule has 0 unspecified atom stereocenters. The molecule has 1 aromatic carbocycles. The van der Waals surface area contributed by atoms with Gasteiger partial charge in [0.25, 0.3) is 0 Å². The van der Waals surface area contributed by atoms with Crippen molar-refractivity contribution in [3.63, 3.8) is 0 Å². The van der Waals surface area contributed by atoms with E-state index in [-0.39, 0.29) is 0 Å². The highest BCUT2D eigenvalue weighted by atomic mass is 35.6. The van der Waals surface area contributed by atoms with E-state index in [1.54, 1.807) is 0 Å². The summed E-state index contributed by atoms with van der Waals surface area (Å²) < 4.78 is 5.27. The summed E-state index contributed by atoms with van der Waals surface area (Å²) >= 11 is -0.425. The number of aryl methyl sites for hydroxylation is 1. The molecule has 1 rings (SSSR count). The van der Waals surface area contributed by atoms with E-state index in [0.717, 1.165) is 5.75 Å². The average molecular weight is 184 g/mol. The molecular weight excluding hydrogens is 175 g/mol. The van der Waals surface area contributed by atoms with E-state index in [1.807, 2.05) is 19.1 Å². The van der Waals surface area contributed by atoms with E-state index >= 15 is 0 Å². The first-order chi connectivity index (χ1) is 5.25. The predicted molar refractivity (Wildman–Crippen MR) is 48.2 cm³/mol. The largest absolute Gasteiger partial charge is 0.673 e. The molecule has 0 bridgehead atoms. The number of benzene rings is 1. The molecule has 1 nitrogen and oxygen atoms in total. The Labute approximate surface area is 77.6 Å². The molecule has 0 aliphatic carbocycles. The molecular formula is C8H9AlClO. The molecule has 3 heteroatoms. The SMILES string of the molecule is Cc1cccc([O][Al][Cl])c1C. The molecule has 0 atom stereocenters. The van der Waals surface area contributed by atoms with Crippen LogP contribution in [-0.4, -0.2) is 14.6 Å². The highest BCUT2D eigenvalue weighted by Gasteiger charge is 2.00. The van der Waals surface area contributed by atoms with E-state index < -0.39 is 14.6 Å². The lowest BCUT2D eigenvalue weighted by Gasteiger charge is -2.08. The van der Waals surface area contributed by atoms with Crippen molar-refractivity contribution in [1.82, 2.24) is 0 Å². The summed E-state index contributed by atoms with van der Waals surface area (Å²) in [5.74, 6) is 0.912. The summed E-state index contributed by atoms with van der Waals surface area (Å²) in [6.45, 7) is 4.10. The Kier molecular flexibility index (Phi) is 3.26. The van der Waals surface area contributed by atoms with Gasteiger partial charge in [0, 0.05) is 0 Å². The Hall–Kier alpha value is -0.158. The van der Waals surface area contributed by atoms with Crippen LogP contribution in [0.3, 0.4) is 0 Å². The summed E-state index contributed by atoms with van der Waals surface area (Å²) in [6.07, 6.45) is 0. The van der Waals surface area contributed by atoms with Gasteiger partial charge in [0.05, 0.1) is 5.75 Å². The standard InChI is InChI=1S/C8H10O.Al.ClH/c1-6-4-3-5-8(9)7(6)2;;/h3-5,9H,1-2H3;;1H/q;+2;/p-2. The zero-order valence-electron chi connectivity index (χ0n) is 6.60. The smallest absolute Gasteiger partial charge is 0.636 e. The van der Waals surface area contributed by atoms with Crippen LogP contribution in [0.1, 0.15) is 11.1 Å². The van der Waals surface area contributed by atoms with Gasteiger partial charge in [0.1, 0.15) is 0 Å². The van der Waals surface area contributed by atoms with Gasteiger partial charge < -0.3 is 3.79 Å². The Morgan fingerprint density at radius 1 is 1.36 bits per heavy atom. The monoisotopic (exact) mass is 183 g/mol. The Morgan fingerprint density at radius 3 is 2.73 bits per heavy atom. The van der Waals surface area contributed by atoms with E-state index in [4.69, 9.17) is 13.8 Å². The van der Waals surface area contributed by atoms with E-state index in [0.29, 0.717) is 0 Å². The summed E-state index contributed by atoms with van der Waals surface area (Å²) in [7, 11) is 5.52. The molecule has 0 saturated carbocycles. The van der Waals surface area contributed by atoms with Crippen LogP contribution in [0.25, 0.3) is 0 Å². The lowest BCUT2D eigenvalue weighted by molar-refractivity contribution is 0.603. The van der Waals surface area contributed by atoms with Crippen molar-refractivity contribution in [3.05, 3.63) is 29.3 Å². The van der Waals surface area contributed by atoms with Crippen molar-refractivity contribution in [1.29, 1.82) is 0 Å². The molecule has 1 aromatic rings. The fraction of sp³-hybridized carbons (Fsp3) is 0.250. The van der Waals surface area contributed by atoms with Gasteiger partial charge in [-0.2, -0.15) is 0 Å².